The van der Waals surface area contributed by atoms with Crippen LogP contribution in [0.1, 0.15) is 11.1 Å². The zero-order chi connectivity index (χ0) is 17.2. The zero-order valence-corrected chi connectivity index (χ0v) is 19.5. The number of aryl methyl sites for hydroxylation is 2. The van der Waals surface area contributed by atoms with Crippen molar-refractivity contribution in [2.75, 3.05) is 0 Å². The molecule has 7 heteroatoms. The molecule has 124 valence electrons. The van der Waals surface area contributed by atoms with Gasteiger partial charge in [-0.2, -0.15) is 0 Å². The molecule has 0 saturated heterocycles. The van der Waals surface area contributed by atoms with E-state index in [1.165, 1.54) is 16.3 Å². The second-order valence-corrected chi connectivity index (χ2v) is 21.2. The van der Waals surface area contributed by atoms with Crippen molar-refractivity contribution >= 4 is 40.4 Å². The zero-order valence-electron chi connectivity index (χ0n) is 15.5. The molecule has 0 N–H and O–H groups in total. The van der Waals surface area contributed by atoms with Crippen LogP contribution in [-0.4, -0.2) is 35.2 Å². The molecule has 0 heterocycles. The van der Waals surface area contributed by atoms with Crippen molar-refractivity contribution in [1.82, 2.24) is 0 Å². The maximum atomic E-state index is 6.36. The van der Waals surface area contributed by atoms with E-state index in [1.54, 1.807) is 0 Å². The average molecular weight is 371 g/mol. The second-order valence-electron chi connectivity index (χ2n) is 7.81. The third-order valence-corrected chi connectivity index (χ3v) is 13.2. The van der Waals surface area contributed by atoms with E-state index in [0.717, 1.165) is 0 Å². The second kappa shape index (κ2) is 7.25. The molecular weight excluding hydrogens is 341 g/mol. The van der Waals surface area contributed by atoms with Crippen molar-refractivity contribution in [3.8, 4) is 0 Å². The summed E-state index contributed by atoms with van der Waals surface area (Å²) in [5.41, 5.74) is 2.55. The van der Waals surface area contributed by atoms with Crippen LogP contribution in [-0.2, 0) is 12.3 Å². The lowest BCUT2D eigenvalue weighted by atomic mass is 10.2. The third-order valence-electron chi connectivity index (χ3n) is 2.71. The molecule has 0 aromatic heterocycles. The average Bonchev–Trinajstić information content (AvgIpc) is 2.22. The minimum atomic E-state index is -2.60. The Kier molecular flexibility index (Phi) is 6.59. The normalized spacial score (nSPS) is 13.5. The molecular formula is C15H30O3Si4. The molecule has 0 aliphatic rings. The van der Waals surface area contributed by atoms with Crippen molar-refractivity contribution in [3.05, 3.63) is 29.3 Å². The topological polar surface area (TPSA) is 27.7 Å². The maximum Gasteiger partial charge on any atom is 0.466 e. The Bertz CT molecular complexity index is 490. The highest BCUT2D eigenvalue weighted by Gasteiger charge is 2.42. The number of rotatable bonds is 7. The van der Waals surface area contributed by atoms with Crippen LogP contribution in [0.25, 0.3) is 0 Å². The molecule has 0 atom stereocenters. The minimum Gasteiger partial charge on any atom is -0.417 e. The molecule has 1 rings (SSSR count). The van der Waals surface area contributed by atoms with Crippen LogP contribution in [0.15, 0.2) is 18.2 Å². The molecule has 0 bridgehead atoms. The first-order valence-electron chi connectivity index (χ1n) is 7.71. The molecule has 0 aliphatic heterocycles. The summed E-state index contributed by atoms with van der Waals surface area (Å²) in [4.78, 5) is 0. The summed E-state index contributed by atoms with van der Waals surface area (Å²) in [7, 11) is -5.75. The predicted molar refractivity (Wildman–Crippen MR) is 103 cm³/mol. The molecule has 0 unspecified atom stereocenters. The Balaban J connectivity index is 2.88. The van der Waals surface area contributed by atoms with Crippen LogP contribution in [0, 0.1) is 13.8 Å². The van der Waals surface area contributed by atoms with Gasteiger partial charge in [-0.15, -0.1) is 0 Å². The highest BCUT2D eigenvalue weighted by molar-refractivity contribution is 6.87. The van der Waals surface area contributed by atoms with Gasteiger partial charge in [0.2, 0.25) is 0 Å². The summed E-state index contributed by atoms with van der Waals surface area (Å²) in [6.07, 6.45) is 0. The molecule has 22 heavy (non-hydrogen) atoms. The van der Waals surface area contributed by atoms with Gasteiger partial charge in [-0.3, -0.25) is 0 Å². The summed E-state index contributed by atoms with van der Waals surface area (Å²) in [6, 6.07) is 6.49. The van der Waals surface area contributed by atoms with E-state index < -0.39 is 25.4 Å². The molecule has 3 nitrogen and oxygen atoms in total. The fourth-order valence-electron chi connectivity index (χ4n) is 2.25. The standard InChI is InChI=1S/C15H30O3Si4/c1-13-10-11-15(14(2)12-13)19-16-22(9,17-20(3,4)5)18-21(6,7)8/h10-12H,1-9H3. The summed E-state index contributed by atoms with van der Waals surface area (Å²) in [5, 5.41) is 1.24. The van der Waals surface area contributed by atoms with Gasteiger partial charge in [0, 0.05) is 6.55 Å². The fourth-order valence-corrected chi connectivity index (χ4v) is 14.3. The van der Waals surface area contributed by atoms with E-state index in [2.05, 4.69) is 77.9 Å². The van der Waals surface area contributed by atoms with Crippen LogP contribution in [0.4, 0.5) is 0 Å². The first kappa shape index (κ1) is 20.0. The smallest absolute Gasteiger partial charge is 0.417 e. The lowest BCUT2D eigenvalue weighted by Crippen LogP contribution is -2.56. The Morgan fingerprint density at radius 1 is 0.818 bits per heavy atom. The first-order valence-corrected chi connectivity index (χ1v) is 17.7. The van der Waals surface area contributed by atoms with Gasteiger partial charge >= 0.3 is 8.80 Å². The minimum absolute atomic E-state index is 0.279. The van der Waals surface area contributed by atoms with Crippen molar-refractivity contribution < 1.29 is 12.3 Å². The van der Waals surface area contributed by atoms with E-state index >= 15 is 0 Å². The van der Waals surface area contributed by atoms with E-state index in [1.807, 2.05) is 0 Å². The van der Waals surface area contributed by atoms with E-state index in [4.69, 9.17) is 12.3 Å². The van der Waals surface area contributed by atoms with Gasteiger partial charge in [0.1, 0.15) is 0 Å². The Morgan fingerprint density at radius 3 is 1.73 bits per heavy atom. The largest absolute Gasteiger partial charge is 0.466 e. The fraction of sp³-hybridized carbons (Fsp3) is 0.600. The molecule has 1 aromatic rings. The lowest BCUT2D eigenvalue weighted by molar-refractivity contribution is 0.274. The van der Waals surface area contributed by atoms with Crippen LogP contribution >= 0.6 is 0 Å². The summed E-state index contributed by atoms with van der Waals surface area (Å²) < 4.78 is 19.0. The van der Waals surface area contributed by atoms with E-state index in [-0.39, 0.29) is 9.76 Å². The Hall–Kier alpha value is -0.0325. The molecule has 0 spiro atoms. The highest BCUT2D eigenvalue weighted by Crippen LogP contribution is 2.21. The van der Waals surface area contributed by atoms with Crippen LogP contribution in [0.2, 0.25) is 45.8 Å². The van der Waals surface area contributed by atoms with E-state index in [0.29, 0.717) is 0 Å². The summed E-state index contributed by atoms with van der Waals surface area (Å²) in [5.74, 6) is 0. The number of hydrogen-bond donors (Lipinski definition) is 0. The molecule has 0 amide bonds. The van der Waals surface area contributed by atoms with Gasteiger partial charge in [0.05, 0.1) is 0 Å². The molecule has 2 radical (unpaired) electrons. The highest BCUT2D eigenvalue weighted by atomic mass is 28.5. The van der Waals surface area contributed by atoms with Gasteiger partial charge in [-0.1, -0.05) is 23.8 Å². The van der Waals surface area contributed by atoms with Gasteiger partial charge in [-0.05, 0) is 63.9 Å². The Morgan fingerprint density at radius 2 is 1.32 bits per heavy atom. The third kappa shape index (κ3) is 7.49. The van der Waals surface area contributed by atoms with Gasteiger partial charge in [0.25, 0.3) is 9.76 Å². The summed E-state index contributed by atoms with van der Waals surface area (Å²) >= 11 is 0. The van der Waals surface area contributed by atoms with Crippen molar-refractivity contribution in [3.63, 3.8) is 0 Å². The molecule has 0 saturated carbocycles. The van der Waals surface area contributed by atoms with Crippen LogP contribution in [0.3, 0.4) is 0 Å². The summed E-state index contributed by atoms with van der Waals surface area (Å²) in [6.45, 7) is 19.4. The molecule has 0 aliphatic carbocycles. The first-order chi connectivity index (χ1) is 9.80. The quantitative estimate of drug-likeness (QED) is 0.683. The van der Waals surface area contributed by atoms with Crippen molar-refractivity contribution in [2.24, 2.45) is 0 Å². The molecule has 1 aromatic carbocycles. The SMILES string of the molecule is Cc1ccc([Si]O[Si](C)(O[Si](C)(C)C)O[Si](C)(C)C)c(C)c1. The molecule has 0 fully saturated rings. The Labute approximate surface area is 142 Å². The maximum absolute atomic E-state index is 6.36. The van der Waals surface area contributed by atoms with Crippen LogP contribution < -0.4 is 5.19 Å². The van der Waals surface area contributed by atoms with Crippen molar-refractivity contribution in [2.45, 2.75) is 59.7 Å². The van der Waals surface area contributed by atoms with Crippen LogP contribution in [0.5, 0.6) is 0 Å². The van der Waals surface area contributed by atoms with Gasteiger partial charge < -0.3 is 12.3 Å². The van der Waals surface area contributed by atoms with Gasteiger partial charge in [-0.25, -0.2) is 0 Å². The van der Waals surface area contributed by atoms with Gasteiger partial charge in [0.15, 0.2) is 16.6 Å². The van der Waals surface area contributed by atoms with Crippen molar-refractivity contribution in [1.29, 1.82) is 0 Å². The van der Waals surface area contributed by atoms with E-state index in [9.17, 15) is 0 Å². The lowest BCUT2D eigenvalue weighted by Gasteiger charge is -2.37. The monoisotopic (exact) mass is 370 g/mol. The number of hydrogen-bond acceptors (Lipinski definition) is 3. The number of benzene rings is 1. The predicted octanol–water partition coefficient (Wildman–Crippen LogP) is 3.84.